The molecule has 0 aromatic carbocycles. The summed E-state index contributed by atoms with van der Waals surface area (Å²) in [4.78, 5) is 0. The molecule has 68 valence electrons. The van der Waals surface area contributed by atoms with E-state index < -0.39 is 0 Å². The molecular weight excluding hydrogens is 247 g/mol. The van der Waals surface area contributed by atoms with E-state index >= 15 is 0 Å². The molecule has 0 aliphatic heterocycles. The second-order valence-corrected chi connectivity index (χ2v) is 5.00. The van der Waals surface area contributed by atoms with Crippen molar-refractivity contribution in [3.8, 4) is 0 Å². The lowest BCUT2D eigenvalue weighted by atomic mass is 10.1. The van der Waals surface area contributed by atoms with Crippen molar-refractivity contribution < 1.29 is 0 Å². The van der Waals surface area contributed by atoms with Gasteiger partial charge in [-0.1, -0.05) is 68.5 Å². The van der Waals surface area contributed by atoms with Crippen molar-refractivity contribution in [1.82, 2.24) is 0 Å². The monoisotopic (exact) mass is 268 g/mol. The molecule has 0 fully saturated rings. The fourth-order valence-corrected chi connectivity index (χ4v) is 2.31. The number of alkyl halides is 1. The van der Waals surface area contributed by atoms with E-state index in [0.29, 0.717) is 0 Å². The summed E-state index contributed by atoms with van der Waals surface area (Å²) in [7, 11) is 0. The molecule has 0 saturated heterocycles. The van der Waals surface area contributed by atoms with Crippen LogP contribution < -0.4 is 0 Å². The Hall–Kier alpha value is 0.730. The fraction of sp³-hybridized carbons (Fsp3) is 1.00. The van der Waals surface area contributed by atoms with E-state index in [1.807, 2.05) is 0 Å². The minimum absolute atomic E-state index is 0.939. The third-order valence-electron chi connectivity index (χ3n) is 1.97. The van der Waals surface area contributed by atoms with Crippen molar-refractivity contribution in [3.05, 3.63) is 0 Å². The molecular formula is C10H21I. The highest BCUT2D eigenvalue weighted by atomic mass is 127. The Balaban J connectivity index is 2.97. The zero-order valence-electron chi connectivity index (χ0n) is 7.91. The van der Waals surface area contributed by atoms with E-state index in [4.69, 9.17) is 0 Å². The van der Waals surface area contributed by atoms with Crippen LogP contribution in [0.4, 0.5) is 0 Å². The van der Waals surface area contributed by atoms with Crippen molar-refractivity contribution in [2.45, 2.75) is 62.7 Å². The molecule has 0 radical (unpaired) electrons. The molecule has 0 spiro atoms. The maximum absolute atomic E-state index is 2.59. The van der Waals surface area contributed by atoms with Crippen molar-refractivity contribution >= 4 is 22.6 Å². The summed E-state index contributed by atoms with van der Waals surface area (Å²) in [5.41, 5.74) is 0. The van der Waals surface area contributed by atoms with E-state index in [1.165, 1.54) is 44.9 Å². The highest BCUT2D eigenvalue weighted by molar-refractivity contribution is 14.1. The first-order valence-corrected chi connectivity index (χ1v) is 6.19. The van der Waals surface area contributed by atoms with E-state index in [1.54, 1.807) is 0 Å². The lowest BCUT2D eigenvalue weighted by molar-refractivity contribution is 0.605. The molecule has 1 unspecified atom stereocenters. The average molecular weight is 268 g/mol. The molecule has 11 heavy (non-hydrogen) atoms. The average Bonchev–Trinajstić information content (AvgIpc) is 1.99. The molecule has 0 nitrogen and oxygen atoms in total. The van der Waals surface area contributed by atoms with Crippen LogP contribution in [0.15, 0.2) is 0 Å². The van der Waals surface area contributed by atoms with Gasteiger partial charge in [-0.15, -0.1) is 0 Å². The lowest BCUT2D eigenvalue weighted by Gasteiger charge is -2.06. The first kappa shape index (κ1) is 11.7. The van der Waals surface area contributed by atoms with Crippen LogP contribution in [0.3, 0.4) is 0 Å². The lowest BCUT2D eigenvalue weighted by Crippen LogP contribution is -1.95. The maximum Gasteiger partial charge on any atom is 0.0109 e. The topological polar surface area (TPSA) is 0 Å². The summed E-state index contributed by atoms with van der Waals surface area (Å²) in [6.45, 7) is 4.55. The standard InChI is InChI=1S/C10H21I/c1-3-5-6-7-9-10(11)8-4-2/h10H,3-9H2,1-2H3. The molecule has 1 atom stereocenters. The minimum Gasteiger partial charge on any atom is -0.0826 e. The summed E-state index contributed by atoms with van der Waals surface area (Å²) in [5.74, 6) is 0. The molecule has 0 N–H and O–H groups in total. The number of rotatable bonds is 7. The summed E-state index contributed by atoms with van der Waals surface area (Å²) in [5, 5.41) is 0. The van der Waals surface area contributed by atoms with Crippen LogP contribution in [-0.4, -0.2) is 3.92 Å². The predicted octanol–water partition coefficient (Wildman–Crippen LogP) is 4.56. The normalized spacial score (nSPS) is 13.4. The van der Waals surface area contributed by atoms with Gasteiger partial charge in [0.05, 0.1) is 0 Å². The number of halogens is 1. The summed E-state index contributed by atoms with van der Waals surface area (Å²) in [6.07, 6.45) is 9.87. The van der Waals surface area contributed by atoms with Crippen molar-refractivity contribution in [2.24, 2.45) is 0 Å². The van der Waals surface area contributed by atoms with Gasteiger partial charge in [0.15, 0.2) is 0 Å². The molecule has 0 aliphatic carbocycles. The molecule has 0 amide bonds. The van der Waals surface area contributed by atoms with Gasteiger partial charge in [0.1, 0.15) is 0 Å². The van der Waals surface area contributed by atoms with Crippen molar-refractivity contribution in [1.29, 1.82) is 0 Å². The Morgan fingerprint density at radius 2 is 1.64 bits per heavy atom. The van der Waals surface area contributed by atoms with E-state index in [0.717, 1.165) is 3.92 Å². The SMILES string of the molecule is CCCCCCC(I)CCC. The Kier molecular flexibility index (Phi) is 9.41. The third kappa shape index (κ3) is 8.64. The first-order chi connectivity index (χ1) is 5.31. The molecule has 0 heterocycles. The highest BCUT2D eigenvalue weighted by Gasteiger charge is 2.00. The van der Waals surface area contributed by atoms with Gasteiger partial charge in [-0.25, -0.2) is 0 Å². The van der Waals surface area contributed by atoms with Gasteiger partial charge < -0.3 is 0 Å². The van der Waals surface area contributed by atoms with Gasteiger partial charge in [-0.3, -0.25) is 0 Å². The van der Waals surface area contributed by atoms with Crippen LogP contribution in [0.1, 0.15) is 58.8 Å². The number of unbranched alkanes of at least 4 members (excludes halogenated alkanes) is 3. The minimum atomic E-state index is 0.939. The van der Waals surface area contributed by atoms with Crippen LogP contribution in [0.2, 0.25) is 0 Å². The van der Waals surface area contributed by atoms with E-state index in [2.05, 4.69) is 36.4 Å². The molecule has 0 saturated carbocycles. The van der Waals surface area contributed by atoms with Crippen molar-refractivity contribution in [3.63, 3.8) is 0 Å². The smallest absolute Gasteiger partial charge is 0.0109 e. The first-order valence-electron chi connectivity index (χ1n) is 4.95. The molecule has 0 rings (SSSR count). The highest BCUT2D eigenvalue weighted by Crippen LogP contribution is 2.16. The fourth-order valence-electron chi connectivity index (χ4n) is 1.25. The Labute approximate surface area is 85.3 Å². The van der Waals surface area contributed by atoms with Gasteiger partial charge >= 0.3 is 0 Å². The van der Waals surface area contributed by atoms with E-state index in [9.17, 15) is 0 Å². The zero-order valence-corrected chi connectivity index (χ0v) is 10.1. The quantitative estimate of drug-likeness (QED) is 0.360. The Bertz CT molecular complexity index is 71.3. The van der Waals surface area contributed by atoms with Crippen LogP contribution >= 0.6 is 22.6 Å². The molecule has 0 aromatic heterocycles. The van der Waals surface area contributed by atoms with Crippen LogP contribution in [0, 0.1) is 0 Å². The molecule has 1 heteroatoms. The number of hydrogen-bond acceptors (Lipinski definition) is 0. The van der Waals surface area contributed by atoms with Crippen LogP contribution in [0.25, 0.3) is 0 Å². The summed E-state index contributed by atoms with van der Waals surface area (Å²) >= 11 is 2.59. The summed E-state index contributed by atoms with van der Waals surface area (Å²) < 4.78 is 0.939. The van der Waals surface area contributed by atoms with Crippen LogP contribution in [0.5, 0.6) is 0 Å². The molecule has 0 bridgehead atoms. The maximum atomic E-state index is 2.59. The van der Waals surface area contributed by atoms with Gasteiger partial charge in [0.25, 0.3) is 0 Å². The van der Waals surface area contributed by atoms with Crippen molar-refractivity contribution in [2.75, 3.05) is 0 Å². The van der Waals surface area contributed by atoms with Gasteiger partial charge in [0, 0.05) is 3.92 Å². The zero-order chi connectivity index (χ0) is 8.53. The van der Waals surface area contributed by atoms with Gasteiger partial charge in [-0.2, -0.15) is 0 Å². The Morgan fingerprint density at radius 1 is 0.909 bits per heavy atom. The van der Waals surface area contributed by atoms with Gasteiger partial charge in [0.2, 0.25) is 0 Å². The molecule has 0 aliphatic rings. The third-order valence-corrected chi connectivity index (χ3v) is 3.22. The predicted molar refractivity (Wildman–Crippen MR) is 61.5 cm³/mol. The second-order valence-electron chi connectivity index (χ2n) is 3.24. The second kappa shape index (κ2) is 8.82. The van der Waals surface area contributed by atoms with E-state index in [-0.39, 0.29) is 0 Å². The van der Waals surface area contributed by atoms with Gasteiger partial charge in [-0.05, 0) is 12.8 Å². The largest absolute Gasteiger partial charge is 0.0826 e. The summed E-state index contributed by atoms with van der Waals surface area (Å²) in [6, 6.07) is 0. The van der Waals surface area contributed by atoms with Crippen LogP contribution in [-0.2, 0) is 0 Å². The molecule has 0 aromatic rings. The number of hydrogen-bond donors (Lipinski definition) is 0. The Morgan fingerprint density at radius 3 is 2.18 bits per heavy atom.